The zero-order valence-electron chi connectivity index (χ0n) is 15.3. The van der Waals surface area contributed by atoms with Crippen molar-refractivity contribution in [2.45, 2.75) is 32.1 Å². The summed E-state index contributed by atoms with van der Waals surface area (Å²) >= 11 is 0. The minimum atomic E-state index is -0.696. The third-order valence-corrected chi connectivity index (χ3v) is 4.26. The molecule has 0 aliphatic heterocycles. The summed E-state index contributed by atoms with van der Waals surface area (Å²) in [6.45, 7) is 4.11. The second-order valence-electron chi connectivity index (χ2n) is 6.36. The van der Waals surface area contributed by atoms with Gasteiger partial charge in [0, 0.05) is 18.3 Å². The molecular formula is C20H29N3O3. The number of nitrogens with two attached hydrogens (primary N) is 1. The maximum Gasteiger partial charge on any atom is 0.123 e. The Hall–Kier alpha value is -1.99. The normalized spacial score (nSPS) is 13.7. The first-order valence-corrected chi connectivity index (χ1v) is 9.00. The number of nitrogen functional groups attached to an aromatic ring is 1. The molecule has 142 valence electrons. The van der Waals surface area contributed by atoms with Crippen molar-refractivity contribution in [3.8, 4) is 0 Å². The SMILES string of the molecule is CCCN(C[C@H](O)c1ccc(N)nc1)[C@H](CO)COCc1ccccc1. The fourth-order valence-corrected chi connectivity index (χ4v) is 2.81. The number of hydrogen-bond acceptors (Lipinski definition) is 6. The minimum absolute atomic E-state index is 0.0263. The van der Waals surface area contributed by atoms with Crippen LogP contribution >= 0.6 is 0 Å². The van der Waals surface area contributed by atoms with Crippen LogP contribution in [-0.4, -0.2) is 52.4 Å². The number of nitrogens with zero attached hydrogens (tertiary/aromatic N) is 2. The lowest BCUT2D eigenvalue weighted by molar-refractivity contribution is 0.00376. The number of aromatic nitrogens is 1. The van der Waals surface area contributed by atoms with E-state index in [4.69, 9.17) is 10.5 Å². The van der Waals surface area contributed by atoms with Crippen molar-refractivity contribution in [2.24, 2.45) is 0 Å². The van der Waals surface area contributed by atoms with E-state index >= 15 is 0 Å². The van der Waals surface area contributed by atoms with E-state index in [1.807, 2.05) is 30.3 Å². The fourth-order valence-electron chi connectivity index (χ4n) is 2.81. The molecule has 0 aliphatic rings. The van der Waals surface area contributed by atoms with Gasteiger partial charge >= 0.3 is 0 Å². The average molecular weight is 359 g/mol. The summed E-state index contributed by atoms with van der Waals surface area (Å²) in [6, 6.07) is 13.2. The zero-order valence-corrected chi connectivity index (χ0v) is 15.3. The molecule has 2 aromatic rings. The first-order valence-electron chi connectivity index (χ1n) is 9.00. The van der Waals surface area contributed by atoms with E-state index in [0.29, 0.717) is 31.1 Å². The van der Waals surface area contributed by atoms with Gasteiger partial charge in [-0.15, -0.1) is 0 Å². The average Bonchev–Trinajstić information content (AvgIpc) is 2.66. The van der Waals surface area contributed by atoms with Crippen molar-refractivity contribution in [1.29, 1.82) is 0 Å². The Balaban J connectivity index is 1.92. The predicted molar refractivity (Wildman–Crippen MR) is 102 cm³/mol. The monoisotopic (exact) mass is 359 g/mol. The van der Waals surface area contributed by atoms with Gasteiger partial charge in [0.1, 0.15) is 5.82 Å². The van der Waals surface area contributed by atoms with E-state index in [-0.39, 0.29) is 12.6 Å². The predicted octanol–water partition coefficient (Wildman–Crippen LogP) is 1.99. The molecule has 0 bridgehead atoms. The molecule has 0 spiro atoms. The van der Waals surface area contributed by atoms with Crippen LogP contribution in [0.15, 0.2) is 48.7 Å². The lowest BCUT2D eigenvalue weighted by Gasteiger charge is -2.31. The summed E-state index contributed by atoms with van der Waals surface area (Å²) in [4.78, 5) is 6.09. The third kappa shape index (κ3) is 6.38. The van der Waals surface area contributed by atoms with E-state index in [9.17, 15) is 10.2 Å². The first kappa shape index (κ1) is 20.3. The molecule has 6 nitrogen and oxygen atoms in total. The van der Waals surface area contributed by atoms with Gasteiger partial charge in [0.15, 0.2) is 0 Å². The molecule has 1 aromatic carbocycles. The highest BCUT2D eigenvalue weighted by atomic mass is 16.5. The molecule has 0 saturated carbocycles. The summed E-state index contributed by atoms with van der Waals surface area (Å²) in [5.41, 5.74) is 7.40. The number of anilines is 1. The van der Waals surface area contributed by atoms with Crippen molar-refractivity contribution in [3.63, 3.8) is 0 Å². The van der Waals surface area contributed by atoms with Gasteiger partial charge in [-0.1, -0.05) is 43.3 Å². The van der Waals surface area contributed by atoms with E-state index in [2.05, 4.69) is 16.8 Å². The van der Waals surface area contributed by atoms with Crippen LogP contribution in [0.3, 0.4) is 0 Å². The van der Waals surface area contributed by atoms with Crippen LogP contribution in [0.2, 0.25) is 0 Å². The number of aliphatic hydroxyl groups is 2. The van der Waals surface area contributed by atoms with Gasteiger partial charge in [0.05, 0.1) is 32.0 Å². The molecule has 0 radical (unpaired) electrons. The summed E-state index contributed by atoms with van der Waals surface area (Å²) < 4.78 is 5.79. The number of rotatable bonds is 11. The van der Waals surface area contributed by atoms with Crippen molar-refractivity contribution < 1.29 is 14.9 Å². The number of benzene rings is 1. The van der Waals surface area contributed by atoms with Gasteiger partial charge in [-0.05, 0) is 24.6 Å². The Labute approximate surface area is 155 Å². The maximum absolute atomic E-state index is 10.5. The van der Waals surface area contributed by atoms with Gasteiger partial charge in [-0.2, -0.15) is 0 Å². The molecular weight excluding hydrogens is 330 g/mol. The van der Waals surface area contributed by atoms with Crippen molar-refractivity contribution in [2.75, 3.05) is 32.0 Å². The summed E-state index contributed by atoms with van der Waals surface area (Å²) in [5, 5.41) is 20.3. The number of aliphatic hydroxyl groups excluding tert-OH is 2. The quantitative estimate of drug-likeness (QED) is 0.568. The summed E-state index contributed by atoms with van der Waals surface area (Å²) in [7, 11) is 0. The van der Waals surface area contributed by atoms with Crippen LogP contribution in [0.25, 0.3) is 0 Å². The molecule has 2 atom stereocenters. The first-order chi connectivity index (χ1) is 12.6. The van der Waals surface area contributed by atoms with Gasteiger partial charge in [0.25, 0.3) is 0 Å². The molecule has 2 rings (SSSR count). The number of pyridine rings is 1. The van der Waals surface area contributed by atoms with Crippen LogP contribution in [0, 0.1) is 0 Å². The van der Waals surface area contributed by atoms with Gasteiger partial charge < -0.3 is 20.7 Å². The molecule has 0 fully saturated rings. The highest BCUT2D eigenvalue weighted by Crippen LogP contribution is 2.16. The van der Waals surface area contributed by atoms with Gasteiger partial charge in [-0.25, -0.2) is 4.98 Å². The van der Waals surface area contributed by atoms with E-state index in [0.717, 1.165) is 18.5 Å². The summed E-state index contributed by atoms with van der Waals surface area (Å²) in [6.07, 6.45) is 1.81. The topological polar surface area (TPSA) is 91.8 Å². The number of ether oxygens (including phenoxy) is 1. The molecule has 1 heterocycles. The van der Waals surface area contributed by atoms with Crippen LogP contribution < -0.4 is 5.73 Å². The third-order valence-electron chi connectivity index (χ3n) is 4.26. The lowest BCUT2D eigenvalue weighted by Crippen LogP contribution is -2.44. The minimum Gasteiger partial charge on any atom is -0.395 e. The Morgan fingerprint density at radius 1 is 1.19 bits per heavy atom. The summed E-state index contributed by atoms with van der Waals surface area (Å²) in [5.74, 6) is 0.425. The zero-order chi connectivity index (χ0) is 18.8. The Kier molecular flexibility index (Phi) is 8.50. The van der Waals surface area contributed by atoms with E-state index < -0.39 is 6.10 Å². The van der Waals surface area contributed by atoms with Crippen molar-refractivity contribution >= 4 is 5.82 Å². The Bertz CT molecular complexity index is 622. The molecule has 1 aromatic heterocycles. The molecule has 6 heteroatoms. The molecule has 4 N–H and O–H groups in total. The fraction of sp³-hybridized carbons (Fsp3) is 0.450. The van der Waals surface area contributed by atoms with Crippen LogP contribution in [-0.2, 0) is 11.3 Å². The van der Waals surface area contributed by atoms with Gasteiger partial charge in [0.2, 0.25) is 0 Å². The second kappa shape index (κ2) is 10.9. The maximum atomic E-state index is 10.5. The smallest absolute Gasteiger partial charge is 0.123 e. The highest BCUT2D eigenvalue weighted by Gasteiger charge is 2.21. The molecule has 0 aliphatic carbocycles. The van der Waals surface area contributed by atoms with Crippen LogP contribution in [0.1, 0.15) is 30.6 Å². The Morgan fingerprint density at radius 3 is 2.58 bits per heavy atom. The van der Waals surface area contributed by atoms with Crippen LogP contribution in [0.4, 0.5) is 5.82 Å². The van der Waals surface area contributed by atoms with E-state index in [1.165, 1.54) is 0 Å². The lowest BCUT2D eigenvalue weighted by atomic mass is 10.1. The molecule has 26 heavy (non-hydrogen) atoms. The van der Waals surface area contributed by atoms with Crippen LogP contribution in [0.5, 0.6) is 0 Å². The number of hydrogen-bond donors (Lipinski definition) is 3. The largest absolute Gasteiger partial charge is 0.395 e. The standard InChI is InChI=1S/C20H29N3O3/c1-2-10-23(12-19(25)17-8-9-20(21)22-11-17)18(13-24)15-26-14-16-6-4-3-5-7-16/h3-9,11,18-19,24-25H,2,10,12-15H2,1H3,(H2,21,22)/t18-,19+/m1/s1. The van der Waals surface area contributed by atoms with Crippen molar-refractivity contribution in [3.05, 3.63) is 59.8 Å². The molecule has 0 amide bonds. The molecule has 0 saturated heterocycles. The highest BCUT2D eigenvalue weighted by molar-refractivity contribution is 5.30. The van der Waals surface area contributed by atoms with E-state index in [1.54, 1.807) is 18.3 Å². The second-order valence-corrected chi connectivity index (χ2v) is 6.36. The Morgan fingerprint density at radius 2 is 1.96 bits per heavy atom. The van der Waals surface area contributed by atoms with Crippen molar-refractivity contribution in [1.82, 2.24) is 9.88 Å². The molecule has 0 unspecified atom stereocenters. The van der Waals surface area contributed by atoms with Gasteiger partial charge in [-0.3, -0.25) is 4.90 Å².